The maximum Gasteiger partial charge on any atom is 1.00 e. The van der Waals surface area contributed by atoms with Crippen LogP contribution in [0.1, 0.15) is 12.8 Å². The van der Waals surface area contributed by atoms with Gasteiger partial charge >= 0.3 is 63.3 Å². The van der Waals surface area contributed by atoms with Gasteiger partial charge in [0.05, 0.1) is 25.4 Å². The van der Waals surface area contributed by atoms with E-state index in [9.17, 15) is 14.7 Å². The van der Waals surface area contributed by atoms with Crippen molar-refractivity contribution in [2.75, 3.05) is 14.2 Å². The van der Waals surface area contributed by atoms with Crippen LogP contribution in [-0.4, -0.2) is 26.2 Å². The van der Waals surface area contributed by atoms with E-state index in [1.165, 1.54) is 14.2 Å². The monoisotopic (exact) mass is 274 g/mol. The largest absolute Gasteiger partial charge is 1.00 e. The second kappa shape index (κ2) is 6.16. The third-order valence-corrected chi connectivity index (χ3v) is 2.87. The van der Waals surface area contributed by atoms with E-state index in [0.717, 1.165) is 0 Å². The average Bonchev–Trinajstić information content (AvgIpc) is 2.86. The summed E-state index contributed by atoms with van der Waals surface area (Å²) in [5.74, 6) is -2.00. The number of methoxy groups -OCH3 is 2. The van der Waals surface area contributed by atoms with Gasteiger partial charge in [0.2, 0.25) is 0 Å². The molecule has 0 aromatic carbocycles. The Morgan fingerprint density at radius 3 is 2.28 bits per heavy atom. The first kappa shape index (κ1) is 15.7. The molecule has 0 fully saturated rings. The van der Waals surface area contributed by atoms with Gasteiger partial charge in [-0.05, 0) is 24.0 Å². The van der Waals surface area contributed by atoms with Crippen LogP contribution in [0, 0.1) is 0 Å². The molecule has 0 unspecified atom stereocenters. The SMILES string of the molecule is COC(=O)C1=C([O-])C(C(=O)OC)=C2CCC=C21.[K+]. The summed E-state index contributed by atoms with van der Waals surface area (Å²) >= 11 is 0. The van der Waals surface area contributed by atoms with Crippen molar-refractivity contribution in [3.05, 3.63) is 34.1 Å². The first-order valence-corrected chi connectivity index (χ1v) is 5.14. The van der Waals surface area contributed by atoms with Crippen molar-refractivity contribution in [3.8, 4) is 0 Å². The number of hydrogen-bond acceptors (Lipinski definition) is 5. The molecule has 2 aliphatic rings. The zero-order valence-electron chi connectivity index (χ0n) is 10.5. The molecule has 2 aliphatic carbocycles. The van der Waals surface area contributed by atoms with Gasteiger partial charge in [-0.25, -0.2) is 9.59 Å². The molecule has 0 aromatic heterocycles. The zero-order chi connectivity index (χ0) is 12.6. The number of fused-ring (bicyclic) bond motifs is 1. The van der Waals surface area contributed by atoms with Gasteiger partial charge in [-0.1, -0.05) is 11.8 Å². The van der Waals surface area contributed by atoms with Crippen molar-refractivity contribution in [2.24, 2.45) is 0 Å². The third-order valence-electron chi connectivity index (χ3n) is 2.87. The van der Waals surface area contributed by atoms with Crippen LogP contribution in [0.3, 0.4) is 0 Å². The quantitative estimate of drug-likeness (QED) is 0.396. The summed E-state index contributed by atoms with van der Waals surface area (Å²) in [6, 6.07) is 0. The van der Waals surface area contributed by atoms with Gasteiger partial charge in [0.1, 0.15) is 0 Å². The van der Waals surface area contributed by atoms with E-state index in [1.807, 2.05) is 0 Å². The van der Waals surface area contributed by atoms with E-state index in [0.29, 0.717) is 24.0 Å². The van der Waals surface area contributed by atoms with Crippen LogP contribution in [0.2, 0.25) is 0 Å². The number of allylic oxidation sites excluding steroid dienone is 2. The first-order valence-electron chi connectivity index (χ1n) is 5.14. The topological polar surface area (TPSA) is 75.7 Å². The minimum Gasteiger partial charge on any atom is -0.871 e. The van der Waals surface area contributed by atoms with E-state index < -0.39 is 17.7 Å². The van der Waals surface area contributed by atoms with Crippen LogP contribution in [-0.2, 0) is 19.1 Å². The van der Waals surface area contributed by atoms with Crippen LogP contribution < -0.4 is 56.5 Å². The van der Waals surface area contributed by atoms with Gasteiger partial charge in [0, 0.05) is 0 Å². The van der Waals surface area contributed by atoms with Crippen LogP contribution >= 0.6 is 0 Å². The zero-order valence-corrected chi connectivity index (χ0v) is 13.7. The fourth-order valence-electron chi connectivity index (χ4n) is 2.14. The number of esters is 2. The van der Waals surface area contributed by atoms with Crippen LogP contribution in [0.25, 0.3) is 0 Å². The van der Waals surface area contributed by atoms with Crippen molar-refractivity contribution < 1.29 is 75.6 Å². The molecule has 0 aromatic rings. The molecule has 0 aliphatic heterocycles. The van der Waals surface area contributed by atoms with Gasteiger partial charge < -0.3 is 14.6 Å². The molecule has 5 nitrogen and oxygen atoms in total. The van der Waals surface area contributed by atoms with E-state index in [1.54, 1.807) is 6.08 Å². The summed E-state index contributed by atoms with van der Waals surface area (Å²) in [5, 5.41) is 12.0. The Balaban J connectivity index is 0.00000162. The molecule has 2 rings (SSSR count). The number of carbonyl (C=O) groups excluding carboxylic acids is 2. The van der Waals surface area contributed by atoms with Gasteiger partial charge in [-0.3, -0.25) is 0 Å². The first-order chi connectivity index (χ1) is 8.11. The fraction of sp³-hybridized carbons (Fsp3) is 0.333. The van der Waals surface area contributed by atoms with Crippen LogP contribution in [0.5, 0.6) is 0 Å². The van der Waals surface area contributed by atoms with Gasteiger partial charge in [-0.2, -0.15) is 0 Å². The Labute approximate surface area is 147 Å². The minimum absolute atomic E-state index is 0. The predicted octanol–water partition coefficient (Wildman–Crippen LogP) is -3.02. The smallest absolute Gasteiger partial charge is 0.871 e. The van der Waals surface area contributed by atoms with Gasteiger partial charge in [0.25, 0.3) is 0 Å². The number of carbonyl (C=O) groups is 2. The Kier molecular flexibility index (Phi) is 5.36. The van der Waals surface area contributed by atoms with Crippen molar-refractivity contribution in [1.29, 1.82) is 0 Å². The van der Waals surface area contributed by atoms with Crippen LogP contribution in [0.15, 0.2) is 34.1 Å². The maximum atomic E-state index is 12.0. The molecule has 0 radical (unpaired) electrons. The van der Waals surface area contributed by atoms with E-state index in [-0.39, 0.29) is 62.5 Å². The van der Waals surface area contributed by atoms with Crippen molar-refractivity contribution in [3.63, 3.8) is 0 Å². The molecule has 0 saturated carbocycles. The maximum absolute atomic E-state index is 12.0. The van der Waals surface area contributed by atoms with Crippen molar-refractivity contribution in [1.82, 2.24) is 0 Å². The minimum atomic E-state index is -0.709. The van der Waals surface area contributed by atoms with Crippen molar-refractivity contribution >= 4 is 11.9 Å². The number of ether oxygens (including phenoxy) is 2. The van der Waals surface area contributed by atoms with Gasteiger partial charge in [-0.15, -0.1) is 0 Å². The average molecular weight is 274 g/mol. The molecule has 0 amide bonds. The third kappa shape index (κ3) is 2.35. The Hall–Kier alpha value is -0.404. The normalized spacial score (nSPS) is 17.1. The van der Waals surface area contributed by atoms with Crippen LogP contribution in [0.4, 0.5) is 0 Å². The molecule has 0 saturated heterocycles. The molecule has 0 N–H and O–H groups in total. The summed E-state index contributed by atoms with van der Waals surface area (Å²) in [6.07, 6.45) is 3.06. The number of rotatable bonds is 2. The molecule has 0 atom stereocenters. The predicted molar refractivity (Wildman–Crippen MR) is 55.4 cm³/mol. The summed E-state index contributed by atoms with van der Waals surface area (Å²) in [4.78, 5) is 23.1. The molecule has 90 valence electrons. The Morgan fingerprint density at radius 2 is 1.72 bits per heavy atom. The molecule has 0 heterocycles. The Bertz CT molecular complexity index is 499. The molecular formula is C12H11KO5. The second-order valence-electron chi connectivity index (χ2n) is 3.70. The van der Waals surface area contributed by atoms with E-state index in [4.69, 9.17) is 0 Å². The summed E-state index contributed by atoms with van der Waals surface area (Å²) in [6.45, 7) is 0. The standard InChI is InChI=1S/C12H12O5.K/c1-16-11(14)8-6-4-3-5-7(6)9(10(8)13)12(15)17-2;/h4,13H,3,5H2,1-2H3;/q;+1/p-1. The number of hydrogen-bond donors (Lipinski definition) is 0. The molecule has 0 bridgehead atoms. The molecular weight excluding hydrogens is 263 g/mol. The molecule has 18 heavy (non-hydrogen) atoms. The second-order valence-corrected chi connectivity index (χ2v) is 3.70. The summed E-state index contributed by atoms with van der Waals surface area (Å²) < 4.78 is 9.12. The molecule has 6 heteroatoms. The fourth-order valence-corrected chi connectivity index (χ4v) is 2.14. The van der Waals surface area contributed by atoms with Gasteiger partial charge in [0.15, 0.2) is 0 Å². The summed E-state index contributed by atoms with van der Waals surface area (Å²) in [5.41, 5.74) is 1.04. The summed E-state index contributed by atoms with van der Waals surface area (Å²) in [7, 11) is 2.41. The molecule has 0 spiro atoms. The van der Waals surface area contributed by atoms with E-state index in [2.05, 4.69) is 9.47 Å². The van der Waals surface area contributed by atoms with Crippen molar-refractivity contribution in [2.45, 2.75) is 12.8 Å². The van der Waals surface area contributed by atoms with E-state index >= 15 is 0 Å². The Morgan fingerprint density at radius 1 is 1.17 bits per heavy atom.